The van der Waals surface area contributed by atoms with Gasteiger partial charge in [0.25, 0.3) is 0 Å². The van der Waals surface area contributed by atoms with Crippen molar-refractivity contribution in [2.24, 2.45) is 47.3 Å². The maximum Gasteiger partial charge on any atom is -0.0168 e. The topological polar surface area (TPSA) is 0 Å². The van der Waals surface area contributed by atoms with Crippen LogP contribution in [-0.4, -0.2) is 0 Å². The Morgan fingerprint density at radius 1 is 0.955 bits per heavy atom. The fourth-order valence-electron chi connectivity index (χ4n) is 6.15. The van der Waals surface area contributed by atoms with Gasteiger partial charge in [0.15, 0.2) is 0 Å². The molecule has 2 fully saturated rings. The van der Waals surface area contributed by atoms with Crippen molar-refractivity contribution in [1.29, 1.82) is 0 Å². The SMILES string of the molecule is CCC(C)CCC1C2CC(C3CC=CC23)C1CCCC(C)C. The van der Waals surface area contributed by atoms with Gasteiger partial charge < -0.3 is 0 Å². The van der Waals surface area contributed by atoms with Crippen LogP contribution in [0, 0.1) is 47.3 Å². The first-order valence-electron chi connectivity index (χ1n) is 10.3. The zero-order valence-electron chi connectivity index (χ0n) is 15.4. The predicted molar refractivity (Wildman–Crippen MR) is 96.7 cm³/mol. The molecule has 7 unspecified atom stereocenters. The molecule has 2 bridgehead atoms. The molecule has 22 heavy (non-hydrogen) atoms. The lowest BCUT2D eigenvalue weighted by atomic mass is 9.66. The summed E-state index contributed by atoms with van der Waals surface area (Å²) in [6, 6.07) is 0. The van der Waals surface area contributed by atoms with Crippen molar-refractivity contribution in [3.63, 3.8) is 0 Å². The van der Waals surface area contributed by atoms with Crippen LogP contribution in [-0.2, 0) is 0 Å². The van der Waals surface area contributed by atoms with Gasteiger partial charge in [-0.05, 0) is 73.0 Å². The van der Waals surface area contributed by atoms with E-state index < -0.39 is 0 Å². The summed E-state index contributed by atoms with van der Waals surface area (Å²) < 4.78 is 0. The average Bonchev–Trinajstić information content (AvgIpc) is 3.15. The minimum absolute atomic E-state index is 0.887. The molecule has 126 valence electrons. The Hall–Kier alpha value is -0.260. The first-order valence-corrected chi connectivity index (χ1v) is 10.3. The van der Waals surface area contributed by atoms with Crippen LogP contribution in [0.15, 0.2) is 12.2 Å². The van der Waals surface area contributed by atoms with Gasteiger partial charge in [-0.3, -0.25) is 0 Å². The van der Waals surface area contributed by atoms with Gasteiger partial charge in [0, 0.05) is 0 Å². The Morgan fingerprint density at radius 2 is 1.73 bits per heavy atom. The lowest BCUT2D eigenvalue weighted by Gasteiger charge is -2.39. The zero-order chi connectivity index (χ0) is 15.7. The first-order chi connectivity index (χ1) is 10.6. The number of hydrogen-bond donors (Lipinski definition) is 0. The van der Waals surface area contributed by atoms with E-state index in [0.717, 1.165) is 47.3 Å². The predicted octanol–water partition coefficient (Wildman–Crippen LogP) is 6.71. The van der Waals surface area contributed by atoms with E-state index >= 15 is 0 Å². The highest BCUT2D eigenvalue weighted by atomic mass is 14.6. The van der Waals surface area contributed by atoms with E-state index in [4.69, 9.17) is 0 Å². The molecule has 3 aliphatic carbocycles. The van der Waals surface area contributed by atoms with Crippen molar-refractivity contribution in [2.75, 3.05) is 0 Å². The second-order valence-electron chi connectivity index (χ2n) is 9.21. The molecule has 0 aromatic rings. The van der Waals surface area contributed by atoms with Crippen molar-refractivity contribution in [3.05, 3.63) is 12.2 Å². The summed E-state index contributed by atoms with van der Waals surface area (Å²) in [6.07, 6.45) is 16.9. The van der Waals surface area contributed by atoms with Gasteiger partial charge >= 0.3 is 0 Å². The maximum absolute atomic E-state index is 2.61. The molecule has 7 atom stereocenters. The van der Waals surface area contributed by atoms with Gasteiger partial charge in [0.1, 0.15) is 0 Å². The van der Waals surface area contributed by atoms with Crippen molar-refractivity contribution in [2.45, 2.75) is 79.1 Å². The molecule has 0 spiro atoms. The van der Waals surface area contributed by atoms with Gasteiger partial charge in [-0.2, -0.15) is 0 Å². The second-order valence-corrected chi connectivity index (χ2v) is 9.21. The number of allylic oxidation sites excluding steroid dienone is 2. The van der Waals surface area contributed by atoms with Gasteiger partial charge in [-0.25, -0.2) is 0 Å². The molecule has 0 aromatic heterocycles. The average molecular weight is 303 g/mol. The summed E-state index contributed by atoms with van der Waals surface area (Å²) in [4.78, 5) is 0. The Morgan fingerprint density at radius 3 is 2.45 bits per heavy atom. The van der Waals surface area contributed by atoms with Crippen molar-refractivity contribution in [1.82, 2.24) is 0 Å². The van der Waals surface area contributed by atoms with Crippen molar-refractivity contribution < 1.29 is 0 Å². The monoisotopic (exact) mass is 302 g/mol. The standard InChI is InChI=1S/C22H38/c1-5-16(4)12-13-20-19(9-6-8-15(2)3)21-14-22(20)18-11-7-10-17(18)21/h7,11,15-22H,5-6,8-10,12-14H2,1-4H3. The number of fused-ring (bicyclic) bond motifs is 5. The molecule has 0 N–H and O–H groups in total. The molecule has 3 aliphatic rings. The Labute approximate surface area is 139 Å². The van der Waals surface area contributed by atoms with Crippen LogP contribution < -0.4 is 0 Å². The summed E-state index contributed by atoms with van der Waals surface area (Å²) in [5.41, 5.74) is 0. The summed E-state index contributed by atoms with van der Waals surface area (Å²) in [5.74, 6) is 8.13. The van der Waals surface area contributed by atoms with Crippen molar-refractivity contribution >= 4 is 0 Å². The largest absolute Gasteiger partial charge is 0.0879 e. The molecule has 0 amide bonds. The first kappa shape index (κ1) is 16.6. The highest BCUT2D eigenvalue weighted by Crippen LogP contribution is 2.63. The van der Waals surface area contributed by atoms with Crippen LogP contribution in [0.5, 0.6) is 0 Å². The lowest BCUT2D eigenvalue weighted by molar-refractivity contribution is 0.108. The van der Waals surface area contributed by atoms with Gasteiger partial charge in [-0.1, -0.05) is 65.5 Å². The Balaban J connectivity index is 1.62. The smallest absolute Gasteiger partial charge is 0.0168 e. The van der Waals surface area contributed by atoms with E-state index in [1.165, 1.54) is 44.9 Å². The third-order valence-electron chi connectivity index (χ3n) is 7.51. The summed E-state index contributed by atoms with van der Waals surface area (Å²) in [5, 5.41) is 0. The molecule has 0 heteroatoms. The summed E-state index contributed by atoms with van der Waals surface area (Å²) in [6.45, 7) is 9.59. The van der Waals surface area contributed by atoms with Crippen LogP contribution in [0.1, 0.15) is 79.1 Å². The molecule has 0 aliphatic heterocycles. The number of rotatable bonds is 8. The van der Waals surface area contributed by atoms with Gasteiger partial charge in [0.05, 0.1) is 0 Å². The van der Waals surface area contributed by atoms with Gasteiger partial charge in [-0.15, -0.1) is 0 Å². The minimum Gasteiger partial charge on any atom is -0.0879 e. The molecule has 3 rings (SSSR count). The van der Waals surface area contributed by atoms with Crippen LogP contribution in [0.2, 0.25) is 0 Å². The highest BCUT2D eigenvalue weighted by Gasteiger charge is 2.56. The van der Waals surface area contributed by atoms with E-state index in [9.17, 15) is 0 Å². The Bertz CT molecular complexity index is 379. The molecule has 0 saturated heterocycles. The molecule has 0 nitrogen and oxygen atoms in total. The van der Waals surface area contributed by atoms with E-state index in [2.05, 4.69) is 39.8 Å². The van der Waals surface area contributed by atoms with Gasteiger partial charge in [0.2, 0.25) is 0 Å². The molecule has 2 saturated carbocycles. The van der Waals surface area contributed by atoms with E-state index in [0.29, 0.717) is 0 Å². The van der Waals surface area contributed by atoms with Crippen LogP contribution in [0.3, 0.4) is 0 Å². The maximum atomic E-state index is 2.61. The van der Waals surface area contributed by atoms with E-state index in [1.807, 2.05) is 0 Å². The zero-order valence-corrected chi connectivity index (χ0v) is 15.4. The molecule has 0 radical (unpaired) electrons. The van der Waals surface area contributed by atoms with Crippen molar-refractivity contribution in [3.8, 4) is 0 Å². The Kier molecular flexibility index (Phi) is 5.35. The minimum atomic E-state index is 0.887. The second kappa shape index (κ2) is 7.10. The molecule has 0 heterocycles. The molecular weight excluding hydrogens is 264 g/mol. The number of hydrogen-bond acceptors (Lipinski definition) is 0. The normalized spacial score (nSPS) is 40.6. The quantitative estimate of drug-likeness (QED) is 0.437. The van der Waals surface area contributed by atoms with Crippen LogP contribution in [0.25, 0.3) is 0 Å². The fraction of sp³-hybridized carbons (Fsp3) is 0.909. The van der Waals surface area contributed by atoms with Crippen LogP contribution in [0.4, 0.5) is 0 Å². The molecular formula is C22H38. The third-order valence-corrected chi connectivity index (χ3v) is 7.51. The highest BCUT2D eigenvalue weighted by molar-refractivity contribution is 5.15. The summed E-state index contributed by atoms with van der Waals surface area (Å²) in [7, 11) is 0. The van der Waals surface area contributed by atoms with E-state index in [1.54, 1.807) is 6.42 Å². The molecule has 0 aromatic carbocycles. The summed E-state index contributed by atoms with van der Waals surface area (Å²) >= 11 is 0. The third kappa shape index (κ3) is 3.17. The van der Waals surface area contributed by atoms with E-state index in [-0.39, 0.29) is 0 Å². The lowest BCUT2D eigenvalue weighted by Crippen LogP contribution is -2.33. The van der Waals surface area contributed by atoms with Crippen LogP contribution >= 0.6 is 0 Å². The fourth-order valence-corrected chi connectivity index (χ4v) is 6.15.